The normalized spacial score (nSPS) is 16.6. The fraction of sp³-hybridized carbons (Fsp3) is 0.263. The van der Waals surface area contributed by atoms with E-state index in [1.54, 1.807) is 7.11 Å². The Morgan fingerprint density at radius 1 is 1.28 bits per heavy atom. The first-order valence-corrected chi connectivity index (χ1v) is 9.10. The summed E-state index contributed by atoms with van der Waals surface area (Å²) >= 11 is 1.54. The van der Waals surface area contributed by atoms with Crippen LogP contribution in [0.15, 0.2) is 47.3 Å². The molecule has 1 aliphatic heterocycles. The number of fused-ring (bicyclic) bond motifs is 1. The fourth-order valence-electron chi connectivity index (χ4n) is 3.30. The lowest BCUT2D eigenvalue weighted by molar-refractivity contribution is 0.0583. The van der Waals surface area contributed by atoms with Crippen LogP contribution in [-0.2, 0) is 13.1 Å². The standard InChI is InChI=1S/C19H19N3O2S/c1-13-9-20-18-11-22(19(23)15-7-8-25-12-15)17(10-21(13)18)14-3-5-16(24-2)6-4-14/h3-9,12,17H,10-11H2,1-2H3. The molecule has 0 saturated heterocycles. The molecule has 3 heterocycles. The van der Waals surface area contributed by atoms with Gasteiger partial charge in [-0.05, 0) is 36.1 Å². The molecule has 0 bridgehead atoms. The van der Waals surface area contributed by atoms with E-state index in [4.69, 9.17) is 4.74 Å². The number of aryl methyl sites for hydroxylation is 1. The summed E-state index contributed by atoms with van der Waals surface area (Å²) in [6, 6.07) is 9.81. The van der Waals surface area contributed by atoms with Crippen molar-refractivity contribution >= 4 is 17.2 Å². The molecule has 1 amide bonds. The molecule has 0 spiro atoms. The van der Waals surface area contributed by atoms with E-state index in [1.807, 2.05) is 52.2 Å². The lowest BCUT2D eigenvalue weighted by Gasteiger charge is -2.37. The SMILES string of the molecule is COc1ccc(C2Cn3c(C)cnc3CN2C(=O)c2ccsc2)cc1. The van der Waals surface area contributed by atoms with Gasteiger partial charge in [-0.25, -0.2) is 4.98 Å². The van der Waals surface area contributed by atoms with Crippen LogP contribution in [-0.4, -0.2) is 27.5 Å². The van der Waals surface area contributed by atoms with Crippen molar-refractivity contribution in [3.05, 3.63) is 69.9 Å². The number of amides is 1. The number of carbonyl (C=O) groups excluding carboxylic acids is 1. The number of hydrogen-bond donors (Lipinski definition) is 0. The van der Waals surface area contributed by atoms with E-state index >= 15 is 0 Å². The Morgan fingerprint density at radius 2 is 2.08 bits per heavy atom. The van der Waals surface area contributed by atoms with E-state index in [2.05, 4.69) is 16.5 Å². The van der Waals surface area contributed by atoms with E-state index in [-0.39, 0.29) is 11.9 Å². The lowest BCUT2D eigenvalue weighted by Crippen LogP contribution is -2.41. The van der Waals surface area contributed by atoms with Gasteiger partial charge >= 0.3 is 0 Å². The van der Waals surface area contributed by atoms with Gasteiger partial charge in [0.05, 0.1) is 25.3 Å². The van der Waals surface area contributed by atoms with Crippen molar-refractivity contribution in [2.75, 3.05) is 7.11 Å². The molecule has 0 fully saturated rings. The van der Waals surface area contributed by atoms with Crippen LogP contribution >= 0.6 is 11.3 Å². The van der Waals surface area contributed by atoms with Crippen LogP contribution in [0.1, 0.15) is 33.5 Å². The Morgan fingerprint density at radius 3 is 2.76 bits per heavy atom. The van der Waals surface area contributed by atoms with Crippen molar-refractivity contribution < 1.29 is 9.53 Å². The zero-order chi connectivity index (χ0) is 17.4. The molecular weight excluding hydrogens is 334 g/mol. The first kappa shape index (κ1) is 15.9. The molecule has 25 heavy (non-hydrogen) atoms. The number of benzene rings is 1. The third-order valence-corrected chi connectivity index (χ3v) is 5.39. The number of aromatic nitrogens is 2. The van der Waals surface area contributed by atoms with Crippen molar-refractivity contribution in [2.24, 2.45) is 0 Å². The number of nitrogens with zero attached hydrogens (tertiary/aromatic N) is 3. The number of ether oxygens (including phenoxy) is 1. The van der Waals surface area contributed by atoms with Crippen LogP contribution in [0, 0.1) is 6.92 Å². The summed E-state index contributed by atoms with van der Waals surface area (Å²) in [7, 11) is 1.66. The van der Waals surface area contributed by atoms with Gasteiger partial charge in [0.2, 0.25) is 0 Å². The van der Waals surface area contributed by atoms with Gasteiger partial charge in [-0.3, -0.25) is 4.79 Å². The smallest absolute Gasteiger partial charge is 0.255 e. The quantitative estimate of drug-likeness (QED) is 0.722. The highest BCUT2D eigenvalue weighted by atomic mass is 32.1. The summed E-state index contributed by atoms with van der Waals surface area (Å²) in [5, 5.41) is 3.84. The molecule has 3 aromatic rings. The molecule has 1 aliphatic rings. The number of thiophene rings is 1. The van der Waals surface area contributed by atoms with E-state index in [0.717, 1.165) is 28.4 Å². The summed E-state index contributed by atoms with van der Waals surface area (Å²) in [5.74, 6) is 1.80. The molecule has 1 atom stereocenters. The maximum Gasteiger partial charge on any atom is 0.255 e. The fourth-order valence-corrected chi connectivity index (χ4v) is 3.93. The monoisotopic (exact) mass is 353 g/mol. The first-order valence-electron chi connectivity index (χ1n) is 8.15. The summed E-state index contributed by atoms with van der Waals surface area (Å²) in [6.07, 6.45) is 1.87. The number of methoxy groups -OCH3 is 1. The van der Waals surface area contributed by atoms with Gasteiger partial charge in [0.15, 0.2) is 0 Å². The molecule has 0 radical (unpaired) electrons. The van der Waals surface area contributed by atoms with Gasteiger partial charge < -0.3 is 14.2 Å². The van der Waals surface area contributed by atoms with Crippen molar-refractivity contribution in [2.45, 2.75) is 26.1 Å². The Labute approximate surface area is 150 Å². The third kappa shape index (κ3) is 2.82. The average molecular weight is 353 g/mol. The molecule has 0 saturated carbocycles. The highest BCUT2D eigenvalue weighted by molar-refractivity contribution is 7.08. The number of rotatable bonds is 3. The molecule has 1 aromatic carbocycles. The Kier molecular flexibility index (Phi) is 4.05. The second-order valence-electron chi connectivity index (χ2n) is 6.16. The highest BCUT2D eigenvalue weighted by Crippen LogP contribution is 2.32. The largest absolute Gasteiger partial charge is 0.497 e. The topological polar surface area (TPSA) is 47.4 Å². The van der Waals surface area contributed by atoms with Crippen LogP contribution < -0.4 is 4.74 Å². The third-order valence-electron chi connectivity index (χ3n) is 4.71. The Hall–Kier alpha value is -2.60. The molecular formula is C19H19N3O2S. The van der Waals surface area contributed by atoms with Crippen LogP contribution in [0.5, 0.6) is 5.75 Å². The molecule has 128 valence electrons. The second-order valence-corrected chi connectivity index (χ2v) is 6.94. The highest BCUT2D eigenvalue weighted by Gasteiger charge is 2.33. The summed E-state index contributed by atoms with van der Waals surface area (Å²) < 4.78 is 7.46. The zero-order valence-corrected chi connectivity index (χ0v) is 15.0. The molecule has 4 rings (SSSR count). The molecule has 1 unspecified atom stereocenters. The lowest BCUT2D eigenvalue weighted by atomic mass is 10.0. The minimum absolute atomic E-state index is 0.0290. The maximum atomic E-state index is 13.1. The van der Waals surface area contributed by atoms with Crippen molar-refractivity contribution in [3.8, 4) is 5.75 Å². The number of imidazole rings is 1. The Bertz CT molecular complexity index is 884. The van der Waals surface area contributed by atoms with Crippen LogP contribution in [0.2, 0.25) is 0 Å². The molecule has 2 aromatic heterocycles. The number of carbonyl (C=O) groups is 1. The van der Waals surface area contributed by atoms with Crippen molar-refractivity contribution in [1.82, 2.24) is 14.5 Å². The zero-order valence-electron chi connectivity index (χ0n) is 14.2. The summed E-state index contributed by atoms with van der Waals surface area (Å²) in [6.45, 7) is 3.28. The van der Waals surface area contributed by atoms with E-state index < -0.39 is 0 Å². The van der Waals surface area contributed by atoms with Crippen LogP contribution in [0.4, 0.5) is 0 Å². The van der Waals surface area contributed by atoms with Crippen LogP contribution in [0.25, 0.3) is 0 Å². The first-order chi connectivity index (χ1) is 12.2. The summed E-state index contributed by atoms with van der Waals surface area (Å²) in [5.41, 5.74) is 2.96. The minimum atomic E-state index is -0.0290. The van der Waals surface area contributed by atoms with Gasteiger partial charge in [0.25, 0.3) is 5.91 Å². The van der Waals surface area contributed by atoms with Crippen molar-refractivity contribution in [1.29, 1.82) is 0 Å². The molecule has 5 nitrogen and oxygen atoms in total. The second kappa shape index (κ2) is 6.37. The van der Waals surface area contributed by atoms with Crippen molar-refractivity contribution in [3.63, 3.8) is 0 Å². The average Bonchev–Trinajstić information content (AvgIpc) is 3.31. The van der Waals surface area contributed by atoms with Gasteiger partial charge in [0, 0.05) is 23.8 Å². The van der Waals surface area contributed by atoms with E-state index in [0.29, 0.717) is 13.1 Å². The molecule has 6 heteroatoms. The van der Waals surface area contributed by atoms with Gasteiger partial charge in [-0.1, -0.05) is 12.1 Å². The minimum Gasteiger partial charge on any atom is -0.497 e. The van der Waals surface area contributed by atoms with Gasteiger partial charge in [-0.15, -0.1) is 0 Å². The van der Waals surface area contributed by atoms with Gasteiger partial charge in [0.1, 0.15) is 11.6 Å². The maximum absolute atomic E-state index is 13.1. The van der Waals surface area contributed by atoms with E-state index in [1.165, 1.54) is 11.3 Å². The predicted octanol–water partition coefficient (Wildman–Crippen LogP) is 3.66. The Balaban J connectivity index is 1.74. The number of hydrogen-bond acceptors (Lipinski definition) is 4. The molecule has 0 aliphatic carbocycles. The van der Waals surface area contributed by atoms with Gasteiger partial charge in [-0.2, -0.15) is 11.3 Å². The predicted molar refractivity (Wildman–Crippen MR) is 96.9 cm³/mol. The molecule has 0 N–H and O–H groups in total. The van der Waals surface area contributed by atoms with Crippen LogP contribution in [0.3, 0.4) is 0 Å². The van der Waals surface area contributed by atoms with E-state index in [9.17, 15) is 4.79 Å². The summed E-state index contributed by atoms with van der Waals surface area (Å²) in [4.78, 5) is 19.5.